The fraction of sp³-hybridized carbons (Fsp3) is 0.333. The molecule has 0 aliphatic heterocycles. The van der Waals surface area contributed by atoms with Crippen molar-refractivity contribution in [3.63, 3.8) is 0 Å². The summed E-state index contributed by atoms with van der Waals surface area (Å²) < 4.78 is 21.7. The number of para-hydroxylation sites is 2. The van der Waals surface area contributed by atoms with Crippen LogP contribution in [-0.2, 0) is 9.59 Å². The summed E-state index contributed by atoms with van der Waals surface area (Å²) in [5.41, 5.74) is 6.27. The van der Waals surface area contributed by atoms with Gasteiger partial charge in [-0.05, 0) is 31.2 Å². The molecule has 0 atom stereocenters. The molecule has 0 aromatic heterocycles. The average molecular weight is 535 g/mol. The average Bonchev–Trinajstić information content (AvgIpc) is 2.86. The molecule has 10 nitrogen and oxygen atoms in total. The Morgan fingerprint density at radius 2 is 1.22 bits per heavy atom. The van der Waals surface area contributed by atoms with Gasteiger partial charge < -0.3 is 18.9 Å². The van der Waals surface area contributed by atoms with Crippen molar-refractivity contribution in [1.29, 1.82) is 0 Å². The summed E-state index contributed by atoms with van der Waals surface area (Å²) in [6, 6.07) is 10.5. The van der Waals surface area contributed by atoms with E-state index in [1.54, 1.807) is 50.5 Å². The SMILES string of the molecule is CCOc1cccc(C(=S)N(C)NC(=O)CC(=O)NN(C)C(=S)c2cccc(OC)c2OC)c1OC. The Labute approximate surface area is 221 Å². The van der Waals surface area contributed by atoms with E-state index in [2.05, 4.69) is 10.9 Å². The summed E-state index contributed by atoms with van der Waals surface area (Å²) in [4.78, 5) is 25.6. The largest absolute Gasteiger partial charge is 0.493 e. The van der Waals surface area contributed by atoms with Crippen LogP contribution in [0.2, 0.25) is 0 Å². The Hall–Kier alpha value is -3.64. The quantitative estimate of drug-likeness (QED) is 0.283. The first kappa shape index (κ1) is 28.6. The Balaban J connectivity index is 2.00. The van der Waals surface area contributed by atoms with E-state index in [0.717, 1.165) is 0 Å². The molecule has 0 spiro atoms. The van der Waals surface area contributed by atoms with E-state index in [-0.39, 0.29) is 9.98 Å². The van der Waals surface area contributed by atoms with Crippen molar-refractivity contribution in [1.82, 2.24) is 20.9 Å². The number of thiocarbonyl (C=S) groups is 2. The van der Waals surface area contributed by atoms with Gasteiger partial charge in [-0.3, -0.25) is 30.5 Å². The lowest BCUT2D eigenvalue weighted by molar-refractivity contribution is -0.132. The van der Waals surface area contributed by atoms with Gasteiger partial charge in [0.1, 0.15) is 16.4 Å². The molecule has 2 aromatic carbocycles. The first-order valence-electron chi connectivity index (χ1n) is 10.8. The zero-order valence-electron chi connectivity index (χ0n) is 21.0. The molecule has 0 radical (unpaired) electrons. The highest BCUT2D eigenvalue weighted by Crippen LogP contribution is 2.32. The first-order valence-corrected chi connectivity index (χ1v) is 11.7. The number of carbonyl (C=O) groups excluding carboxylic acids is 2. The van der Waals surface area contributed by atoms with Crippen LogP contribution >= 0.6 is 24.4 Å². The van der Waals surface area contributed by atoms with Crippen LogP contribution in [0.25, 0.3) is 0 Å². The van der Waals surface area contributed by atoms with Gasteiger partial charge in [-0.1, -0.05) is 36.6 Å². The Morgan fingerprint density at radius 1 is 0.778 bits per heavy atom. The smallest absolute Gasteiger partial charge is 0.248 e. The number of nitrogens with zero attached hydrogens (tertiary/aromatic N) is 2. The van der Waals surface area contributed by atoms with E-state index in [1.807, 2.05) is 6.92 Å². The van der Waals surface area contributed by atoms with Crippen LogP contribution in [0.5, 0.6) is 23.0 Å². The number of ether oxygens (including phenoxy) is 4. The lowest BCUT2D eigenvalue weighted by Crippen LogP contribution is -2.47. The van der Waals surface area contributed by atoms with E-state index >= 15 is 0 Å². The minimum absolute atomic E-state index is 0.277. The number of carbonyl (C=O) groups is 2. The molecular weight excluding hydrogens is 504 g/mol. The maximum Gasteiger partial charge on any atom is 0.248 e. The molecule has 12 heteroatoms. The summed E-state index contributed by atoms with van der Waals surface area (Å²) in [6.45, 7) is 2.32. The maximum absolute atomic E-state index is 12.5. The topological polar surface area (TPSA) is 102 Å². The van der Waals surface area contributed by atoms with Gasteiger partial charge in [-0.25, -0.2) is 0 Å². The van der Waals surface area contributed by atoms with Crippen LogP contribution in [0.4, 0.5) is 0 Å². The van der Waals surface area contributed by atoms with E-state index in [4.69, 9.17) is 43.4 Å². The molecule has 194 valence electrons. The standard InChI is InChI=1S/C24H30N4O6S2/c1-7-34-18-13-9-11-16(22(18)33-6)24(36)28(3)26-20(30)14-19(29)25-27(2)23(35)15-10-8-12-17(31-4)21(15)32-5/h8-13H,7,14H2,1-6H3,(H,25,29)(H,26,30). The van der Waals surface area contributed by atoms with Gasteiger partial charge in [0.25, 0.3) is 0 Å². The number of amides is 2. The van der Waals surface area contributed by atoms with Crippen LogP contribution in [-0.4, -0.2) is 73.8 Å². The molecule has 2 rings (SSSR count). The van der Waals surface area contributed by atoms with E-state index in [1.165, 1.54) is 31.3 Å². The fourth-order valence-electron chi connectivity index (χ4n) is 3.28. The lowest BCUT2D eigenvalue weighted by atomic mass is 10.2. The number of benzene rings is 2. The van der Waals surface area contributed by atoms with Crippen LogP contribution < -0.4 is 29.8 Å². The number of hydrazine groups is 2. The van der Waals surface area contributed by atoms with Crippen molar-refractivity contribution in [3.05, 3.63) is 47.5 Å². The minimum atomic E-state index is -0.575. The van der Waals surface area contributed by atoms with Crippen molar-refractivity contribution in [2.75, 3.05) is 42.0 Å². The highest BCUT2D eigenvalue weighted by atomic mass is 32.1. The highest BCUT2D eigenvalue weighted by Gasteiger charge is 2.21. The summed E-state index contributed by atoms with van der Waals surface area (Å²) >= 11 is 11.0. The van der Waals surface area contributed by atoms with Crippen LogP contribution in [0.3, 0.4) is 0 Å². The van der Waals surface area contributed by atoms with Crippen LogP contribution in [0, 0.1) is 0 Å². The third-order valence-corrected chi connectivity index (χ3v) is 5.85. The van der Waals surface area contributed by atoms with Gasteiger partial charge in [0, 0.05) is 14.1 Å². The Kier molecular flexibility index (Phi) is 10.7. The predicted octanol–water partition coefficient (Wildman–Crippen LogP) is 2.48. The number of nitrogens with one attached hydrogen (secondary N) is 2. The van der Waals surface area contributed by atoms with Crippen LogP contribution in [0.15, 0.2) is 36.4 Å². The molecule has 2 aromatic rings. The Bertz CT molecular complexity index is 1130. The van der Waals surface area contributed by atoms with Gasteiger partial charge in [0.2, 0.25) is 11.8 Å². The molecule has 0 heterocycles. The van der Waals surface area contributed by atoms with Crippen molar-refractivity contribution in [2.45, 2.75) is 13.3 Å². The number of hydrogen-bond donors (Lipinski definition) is 2. The molecule has 0 saturated carbocycles. The summed E-state index contributed by atoms with van der Waals surface area (Å²) in [7, 11) is 7.66. The van der Waals surface area contributed by atoms with Gasteiger partial charge in [0.15, 0.2) is 23.0 Å². The van der Waals surface area contributed by atoms with E-state index in [9.17, 15) is 9.59 Å². The van der Waals surface area contributed by atoms with Crippen molar-refractivity contribution in [2.24, 2.45) is 0 Å². The van der Waals surface area contributed by atoms with Gasteiger partial charge >= 0.3 is 0 Å². The predicted molar refractivity (Wildman–Crippen MR) is 144 cm³/mol. The molecule has 0 aliphatic rings. The van der Waals surface area contributed by atoms with Crippen molar-refractivity contribution in [3.8, 4) is 23.0 Å². The van der Waals surface area contributed by atoms with E-state index < -0.39 is 18.2 Å². The second-order valence-electron chi connectivity index (χ2n) is 7.29. The summed E-state index contributed by atoms with van der Waals surface area (Å²) in [5.74, 6) is 0.767. The monoisotopic (exact) mass is 534 g/mol. The van der Waals surface area contributed by atoms with Gasteiger partial charge in [-0.2, -0.15) is 0 Å². The van der Waals surface area contributed by atoms with Crippen molar-refractivity contribution < 1.29 is 28.5 Å². The maximum atomic E-state index is 12.5. The molecular formula is C24H30N4O6S2. The fourth-order valence-corrected chi connectivity index (χ4v) is 3.69. The zero-order chi connectivity index (χ0) is 26.8. The zero-order valence-corrected chi connectivity index (χ0v) is 22.7. The third-order valence-electron chi connectivity index (χ3n) is 4.86. The molecule has 0 aliphatic carbocycles. The second-order valence-corrected chi connectivity index (χ2v) is 8.06. The molecule has 36 heavy (non-hydrogen) atoms. The highest BCUT2D eigenvalue weighted by molar-refractivity contribution is 7.81. The van der Waals surface area contributed by atoms with Crippen molar-refractivity contribution >= 4 is 46.2 Å². The normalized spacial score (nSPS) is 10.1. The molecule has 0 unspecified atom stereocenters. The molecule has 0 bridgehead atoms. The second kappa shape index (κ2) is 13.4. The third kappa shape index (κ3) is 6.95. The first-order chi connectivity index (χ1) is 17.2. The summed E-state index contributed by atoms with van der Waals surface area (Å²) in [5, 5.41) is 2.68. The molecule has 0 saturated heterocycles. The Morgan fingerprint density at radius 3 is 1.64 bits per heavy atom. The number of hydrogen-bond acceptors (Lipinski definition) is 8. The molecule has 2 N–H and O–H groups in total. The van der Waals surface area contributed by atoms with Gasteiger partial charge in [0.05, 0.1) is 39.1 Å². The summed E-state index contributed by atoms with van der Waals surface area (Å²) in [6.07, 6.45) is -0.467. The minimum Gasteiger partial charge on any atom is -0.493 e. The number of methoxy groups -OCH3 is 3. The van der Waals surface area contributed by atoms with E-state index in [0.29, 0.717) is 40.7 Å². The number of rotatable bonds is 9. The van der Waals surface area contributed by atoms with Gasteiger partial charge in [-0.15, -0.1) is 0 Å². The van der Waals surface area contributed by atoms with Crippen LogP contribution in [0.1, 0.15) is 24.5 Å². The molecule has 2 amide bonds. The lowest BCUT2D eigenvalue weighted by Gasteiger charge is -2.24. The molecule has 0 fully saturated rings.